The zero-order valence-electron chi connectivity index (χ0n) is 15.9. The molecule has 4 heteroatoms. The predicted molar refractivity (Wildman–Crippen MR) is 97.6 cm³/mol. The maximum Gasteiger partial charge on any atom is 0.228 e. The van der Waals surface area contributed by atoms with Crippen LogP contribution in [0.25, 0.3) is 0 Å². The largest absolute Gasteiger partial charge is 0.354 e. The normalized spacial score (nSPS) is 21.1. The molecule has 2 aliphatic rings. The Morgan fingerprint density at radius 2 is 1.88 bits per heavy atom. The summed E-state index contributed by atoms with van der Waals surface area (Å²) in [7, 11) is 1.90. The summed E-state index contributed by atoms with van der Waals surface area (Å²) < 4.78 is 0. The topological polar surface area (TPSA) is 49.4 Å². The highest BCUT2D eigenvalue weighted by Crippen LogP contribution is 2.57. The lowest BCUT2D eigenvalue weighted by Crippen LogP contribution is -2.42. The average Bonchev–Trinajstić information content (AvgIpc) is 3.36. The van der Waals surface area contributed by atoms with Crippen molar-refractivity contribution >= 4 is 11.8 Å². The third-order valence-electron chi connectivity index (χ3n) is 6.03. The first-order valence-electron chi connectivity index (χ1n) is 10.0. The average molecular weight is 337 g/mol. The maximum absolute atomic E-state index is 12.9. The number of carbonyl (C=O) groups excluding carboxylic acids is 2. The Morgan fingerprint density at radius 1 is 1.21 bits per heavy atom. The third kappa shape index (κ3) is 4.97. The lowest BCUT2D eigenvalue weighted by atomic mass is 9.77. The Morgan fingerprint density at radius 3 is 2.46 bits per heavy atom. The summed E-state index contributed by atoms with van der Waals surface area (Å²) in [5, 5.41) is 2.98. The van der Waals surface area contributed by atoms with Gasteiger partial charge < -0.3 is 10.2 Å². The number of nitrogens with zero attached hydrogens (tertiary/aromatic N) is 1. The fraction of sp³-hybridized carbons (Fsp3) is 0.900. The van der Waals surface area contributed by atoms with E-state index >= 15 is 0 Å². The Hall–Kier alpha value is -1.06. The van der Waals surface area contributed by atoms with Gasteiger partial charge in [-0.1, -0.05) is 46.0 Å². The summed E-state index contributed by atoms with van der Waals surface area (Å²) in [4.78, 5) is 26.7. The standard InChI is InChI=1S/C20H36N2O2/c1-4-8-16(2)15-18(23)21-13-14-22(3)19(24)20(11-12-20)17-9-6-5-7-10-17/h16-17H,4-15H2,1-3H3,(H,21,23). The second-order valence-corrected chi connectivity index (χ2v) is 8.17. The van der Waals surface area contributed by atoms with E-state index in [4.69, 9.17) is 0 Å². The molecule has 2 saturated carbocycles. The van der Waals surface area contributed by atoms with E-state index in [0.717, 1.165) is 25.7 Å². The Kier molecular flexibility index (Phi) is 7.12. The fourth-order valence-corrected chi connectivity index (χ4v) is 4.41. The van der Waals surface area contributed by atoms with E-state index in [9.17, 15) is 9.59 Å². The molecule has 0 radical (unpaired) electrons. The monoisotopic (exact) mass is 336 g/mol. The first-order valence-corrected chi connectivity index (χ1v) is 10.0. The molecule has 0 heterocycles. The minimum Gasteiger partial charge on any atom is -0.354 e. The Balaban J connectivity index is 1.71. The molecule has 24 heavy (non-hydrogen) atoms. The highest BCUT2D eigenvalue weighted by molar-refractivity contribution is 5.85. The van der Waals surface area contributed by atoms with Crippen molar-refractivity contribution in [2.45, 2.75) is 78.1 Å². The number of hydrogen-bond acceptors (Lipinski definition) is 2. The van der Waals surface area contributed by atoms with Crippen molar-refractivity contribution < 1.29 is 9.59 Å². The summed E-state index contributed by atoms with van der Waals surface area (Å²) in [5.41, 5.74) is -0.0468. The van der Waals surface area contributed by atoms with Gasteiger partial charge in [0.2, 0.25) is 11.8 Å². The first kappa shape index (κ1) is 19.3. The molecule has 0 spiro atoms. The van der Waals surface area contributed by atoms with Gasteiger partial charge >= 0.3 is 0 Å². The van der Waals surface area contributed by atoms with Gasteiger partial charge in [0.25, 0.3) is 0 Å². The Bertz CT molecular complexity index is 425. The molecule has 2 amide bonds. The quantitative estimate of drug-likeness (QED) is 0.697. The minimum absolute atomic E-state index is 0.0468. The molecular formula is C20H36N2O2. The lowest BCUT2D eigenvalue weighted by Gasteiger charge is -2.32. The van der Waals surface area contributed by atoms with Gasteiger partial charge in [-0.15, -0.1) is 0 Å². The molecule has 1 N–H and O–H groups in total. The molecule has 138 valence electrons. The zero-order valence-corrected chi connectivity index (χ0v) is 15.9. The molecule has 2 rings (SSSR count). The number of amides is 2. The fourth-order valence-electron chi connectivity index (χ4n) is 4.41. The van der Waals surface area contributed by atoms with Crippen LogP contribution in [0, 0.1) is 17.3 Å². The molecule has 0 aliphatic heterocycles. The molecule has 0 aromatic rings. The van der Waals surface area contributed by atoms with Crippen molar-refractivity contribution in [1.29, 1.82) is 0 Å². The van der Waals surface area contributed by atoms with E-state index in [2.05, 4.69) is 19.2 Å². The maximum atomic E-state index is 12.9. The van der Waals surface area contributed by atoms with Crippen LogP contribution < -0.4 is 5.32 Å². The Labute approximate surface area is 147 Å². The van der Waals surface area contributed by atoms with Crippen molar-refractivity contribution in [2.24, 2.45) is 17.3 Å². The van der Waals surface area contributed by atoms with Crippen molar-refractivity contribution in [2.75, 3.05) is 20.1 Å². The van der Waals surface area contributed by atoms with Gasteiger partial charge in [-0.2, -0.15) is 0 Å². The first-order chi connectivity index (χ1) is 11.5. The van der Waals surface area contributed by atoms with Crippen molar-refractivity contribution in [3.05, 3.63) is 0 Å². The summed E-state index contributed by atoms with van der Waals surface area (Å²) in [6.45, 7) is 5.47. The van der Waals surface area contributed by atoms with Crippen LogP contribution in [-0.2, 0) is 9.59 Å². The van der Waals surface area contributed by atoms with Crippen LogP contribution in [0.1, 0.15) is 78.1 Å². The smallest absolute Gasteiger partial charge is 0.228 e. The minimum atomic E-state index is -0.0468. The number of carbonyl (C=O) groups is 2. The molecule has 0 aromatic heterocycles. The molecule has 0 saturated heterocycles. The molecule has 0 bridgehead atoms. The summed E-state index contributed by atoms with van der Waals surface area (Å²) in [6, 6.07) is 0. The lowest BCUT2D eigenvalue weighted by molar-refractivity contribution is -0.138. The van der Waals surface area contributed by atoms with E-state index in [1.54, 1.807) is 0 Å². The van der Waals surface area contributed by atoms with Crippen LogP contribution in [0.5, 0.6) is 0 Å². The van der Waals surface area contributed by atoms with Crippen molar-refractivity contribution in [3.63, 3.8) is 0 Å². The van der Waals surface area contributed by atoms with Crippen molar-refractivity contribution in [1.82, 2.24) is 10.2 Å². The van der Waals surface area contributed by atoms with Gasteiger partial charge in [-0.25, -0.2) is 0 Å². The van der Waals surface area contributed by atoms with Crippen LogP contribution in [0.3, 0.4) is 0 Å². The van der Waals surface area contributed by atoms with E-state index < -0.39 is 0 Å². The van der Waals surface area contributed by atoms with Crippen LogP contribution in [0.2, 0.25) is 0 Å². The molecular weight excluding hydrogens is 300 g/mol. The number of likely N-dealkylation sites (N-methyl/N-ethyl adjacent to an activating group) is 1. The molecule has 1 unspecified atom stereocenters. The van der Waals surface area contributed by atoms with Crippen molar-refractivity contribution in [3.8, 4) is 0 Å². The van der Waals surface area contributed by atoms with E-state index in [0.29, 0.717) is 37.3 Å². The van der Waals surface area contributed by atoms with Gasteiger partial charge in [-0.05, 0) is 37.5 Å². The van der Waals surface area contributed by atoms with Crippen LogP contribution in [-0.4, -0.2) is 36.9 Å². The van der Waals surface area contributed by atoms with Gasteiger partial charge in [0.05, 0.1) is 5.41 Å². The molecule has 2 fully saturated rings. The summed E-state index contributed by atoms with van der Waals surface area (Å²) in [6.07, 6.45) is 11.3. The predicted octanol–water partition coefficient (Wildman–Crippen LogP) is 3.75. The van der Waals surface area contributed by atoms with Gasteiger partial charge in [0.1, 0.15) is 0 Å². The van der Waals surface area contributed by atoms with Crippen LogP contribution in [0.4, 0.5) is 0 Å². The van der Waals surface area contributed by atoms with Gasteiger partial charge in [0.15, 0.2) is 0 Å². The van der Waals surface area contributed by atoms with E-state index in [1.165, 1.54) is 32.1 Å². The summed E-state index contributed by atoms with van der Waals surface area (Å²) >= 11 is 0. The van der Waals surface area contributed by atoms with Gasteiger partial charge in [-0.3, -0.25) is 9.59 Å². The number of hydrogen-bond donors (Lipinski definition) is 1. The second-order valence-electron chi connectivity index (χ2n) is 8.17. The highest BCUT2D eigenvalue weighted by Gasteiger charge is 2.55. The van der Waals surface area contributed by atoms with E-state index in [-0.39, 0.29) is 11.3 Å². The molecule has 2 aliphatic carbocycles. The second kappa shape index (κ2) is 8.87. The van der Waals surface area contributed by atoms with Gasteiger partial charge in [0, 0.05) is 26.6 Å². The zero-order chi connectivity index (χ0) is 17.6. The highest BCUT2D eigenvalue weighted by atomic mass is 16.2. The van der Waals surface area contributed by atoms with E-state index in [1.807, 2.05) is 11.9 Å². The third-order valence-corrected chi connectivity index (χ3v) is 6.03. The molecule has 0 aromatic carbocycles. The molecule has 1 atom stereocenters. The van der Waals surface area contributed by atoms with Crippen LogP contribution in [0.15, 0.2) is 0 Å². The number of nitrogens with one attached hydrogen (secondary N) is 1. The SMILES string of the molecule is CCCC(C)CC(=O)NCCN(C)C(=O)C1(C2CCCCC2)CC1. The summed E-state index contributed by atoms with van der Waals surface area (Å²) in [5.74, 6) is 1.48. The molecule has 4 nitrogen and oxygen atoms in total. The van der Waals surface area contributed by atoms with Crippen LogP contribution >= 0.6 is 0 Å². The number of rotatable bonds is 9.